The van der Waals surface area contributed by atoms with Gasteiger partial charge in [-0.1, -0.05) is 13.3 Å². The van der Waals surface area contributed by atoms with Crippen molar-refractivity contribution in [3.8, 4) is 0 Å². The zero-order chi connectivity index (χ0) is 11.8. The predicted molar refractivity (Wildman–Crippen MR) is 61.4 cm³/mol. The molecule has 5 nitrogen and oxygen atoms in total. The molecule has 0 aliphatic rings. The highest BCUT2D eigenvalue weighted by Crippen LogP contribution is 2.03. The monoisotopic (exact) mass is 223 g/mol. The lowest BCUT2D eigenvalue weighted by molar-refractivity contribution is 0.0512. The summed E-state index contributed by atoms with van der Waals surface area (Å²) >= 11 is 0. The van der Waals surface area contributed by atoms with E-state index in [1.165, 1.54) is 0 Å². The second-order valence-corrected chi connectivity index (χ2v) is 3.27. The molecule has 88 valence electrons. The Balaban J connectivity index is 2.60. The van der Waals surface area contributed by atoms with Crippen LogP contribution in [0.25, 0.3) is 0 Å². The summed E-state index contributed by atoms with van der Waals surface area (Å²) in [6, 6.07) is 1.73. The van der Waals surface area contributed by atoms with E-state index in [4.69, 9.17) is 4.74 Å². The van der Waals surface area contributed by atoms with E-state index in [2.05, 4.69) is 22.2 Å². The number of carbonyl (C=O) groups is 1. The minimum Gasteiger partial charge on any atom is -0.460 e. The fraction of sp³-hybridized carbons (Fsp3) is 0.545. The van der Waals surface area contributed by atoms with Crippen molar-refractivity contribution < 1.29 is 9.53 Å². The molecule has 5 heteroatoms. The Morgan fingerprint density at radius 1 is 1.50 bits per heavy atom. The molecule has 0 aliphatic heterocycles. The fourth-order valence-corrected chi connectivity index (χ4v) is 1.14. The maximum atomic E-state index is 11.4. The van der Waals surface area contributed by atoms with Crippen molar-refractivity contribution in [1.29, 1.82) is 0 Å². The van der Waals surface area contributed by atoms with Crippen LogP contribution in [0.4, 0.5) is 5.82 Å². The summed E-state index contributed by atoms with van der Waals surface area (Å²) in [5, 5.41) is 3.12. The topological polar surface area (TPSA) is 64.1 Å². The number of ether oxygens (including phenoxy) is 1. The summed E-state index contributed by atoms with van der Waals surface area (Å²) in [4.78, 5) is 19.3. The Morgan fingerprint density at radius 3 is 3.00 bits per heavy atom. The number of hydrogen-bond acceptors (Lipinski definition) is 5. The largest absolute Gasteiger partial charge is 0.460 e. The van der Waals surface area contributed by atoms with E-state index in [1.54, 1.807) is 19.2 Å². The molecule has 1 aromatic rings. The third kappa shape index (κ3) is 3.84. The van der Waals surface area contributed by atoms with E-state index in [-0.39, 0.29) is 5.82 Å². The average molecular weight is 223 g/mol. The van der Waals surface area contributed by atoms with E-state index in [9.17, 15) is 4.79 Å². The molecule has 0 unspecified atom stereocenters. The van der Waals surface area contributed by atoms with E-state index < -0.39 is 5.97 Å². The highest BCUT2D eigenvalue weighted by atomic mass is 16.5. The molecule has 0 fully saturated rings. The molecule has 1 aromatic heterocycles. The van der Waals surface area contributed by atoms with Crippen LogP contribution in [0.5, 0.6) is 0 Å². The molecule has 0 atom stereocenters. The van der Waals surface area contributed by atoms with Crippen LogP contribution < -0.4 is 5.32 Å². The normalized spacial score (nSPS) is 9.88. The van der Waals surface area contributed by atoms with E-state index in [1.807, 2.05) is 0 Å². The zero-order valence-corrected chi connectivity index (χ0v) is 9.69. The molecule has 0 bridgehead atoms. The molecule has 0 spiro atoms. The van der Waals surface area contributed by atoms with Crippen molar-refractivity contribution in [3.05, 3.63) is 18.1 Å². The first-order valence-corrected chi connectivity index (χ1v) is 5.52. The van der Waals surface area contributed by atoms with Crippen molar-refractivity contribution in [2.75, 3.05) is 18.5 Å². The van der Waals surface area contributed by atoms with Gasteiger partial charge in [0, 0.05) is 12.7 Å². The fourth-order valence-electron chi connectivity index (χ4n) is 1.14. The SMILES string of the molecule is CCCCNc1ccnc(C(=O)OCC)n1. The lowest BCUT2D eigenvalue weighted by Gasteiger charge is -2.05. The summed E-state index contributed by atoms with van der Waals surface area (Å²) < 4.78 is 4.82. The number of unbranched alkanes of at least 4 members (excludes halogenated alkanes) is 1. The molecular formula is C11H17N3O2. The molecule has 0 aromatic carbocycles. The van der Waals surface area contributed by atoms with Crippen LogP contribution in [0.15, 0.2) is 12.3 Å². The van der Waals surface area contributed by atoms with Gasteiger partial charge in [0.05, 0.1) is 6.61 Å². The number of anilines is 1. The van der Waals surface area contributed by atoms with E-state index in [0.29, 0.717) is 12.4 Å². The van der Waals surface area contributed by atoms with Gasteiger partial charge < -0.3 is 10.1 Å². The van der Waals surface area contributed by atoms with Crippen LogP contribution in [-0.4, -0.2) is 29.1 Å². The lowest BCUT2D eigenvalue weighted by atomic mass is 10.3. The Bertz CT molecular complexity index is 342. The Morgan fingerprint density at radius 2 is 2.31 bits per heavy atom. The van der Waals surface area contributed by atoms with Gasteiger partial charge in [0.15, 0.2) is 0 Å². The van der Waals surface area contributed by atoms with Gasteiger partial charge in [0.1, 0.15) is 5.82 Å². The lowest BCUT2D eigenvalue weighted by Crippen LogP contribution is -2.11. The van der Waals surface area contributed by atoms with Crippen LogP contribution in [0.2, 0.25) is 0 Å². The van der Waals surface area contributed by atoms with Crippen molar-refractivity contribution in [2.45, 2.75) is 26.7 Å². The standard InChI is InChI=1S/C11H17N3O2/c1-3-5-7-12-9-6-8-13-10(14-9)11(15)16-4-2/h6,8H,3-5,7H2,1-2H3,(H,12,13,14). The Hall–Kier alpha value is -1.65. The maximum absolute atomic E-state index is 11.4. The smallest absolute Gasteiger partial charge is 0.376 e. The minimum absolute atomic E-state index is 0.100. The summed E-state index contributed by atoms with van der Waals surface area (Å²) in [5.41, 5.74) is 0. The molecule has 0 aliphatic carbocycles. The number of hydrogen-bond donors (Lipinski definition) is 1. The molecule has 0 saturated heterocycles. The zero-order valence-electron chi connectivity index (χ0n) is 9.69. The van der Waals surface area contributed by atoms with Crippen LogP contribution in [-0.2, 0) is 4.74 Å². The first-order valence-electron chi connectivity index (χ1n) is 5.52. The van der Waals surface area contributed by atoms with Gasteiger partial charge in [-0.2, -0.15) is 0 Å². The summed E-state index contributed by atoms with van der Waals surface area (Å²) in [5.74, 6) is 0.275. The van der Waals surface area contributed by atoms with Gasteiger partial charge in [-0.15, -0.1) is 0 Å². The first-order chi connectivity index (χ1) is 7.77. The molecule has 0 saturated carbocycles. The molecular weight excluding hydrogens is 206 g/mol. The van der Waals surface area contributed by atoms with Crippen LogP contribution in [0, 0.1) is 0 Å². The number of aromatic nitrogens is 2. The van der Waals surface area contributed by atoms with Crippen molar-refractivity contribution in [2.24, 2.45) is 0 Å². The summed E-state index contributed by atoms with van der Waals surface area (Å²) in [6.45, 7) is 5.04. The van der Waals surface area contributed by atoms with Gasteiger partial charge in [0.25, 0.3) is 0 Å². The molecule has 0 radical (unpaired) electrons. The second-order valence-electron chi connectivity index (χ2n) is 3.27. The van der Waals surface area contributed by atoms with Gasteiger partial charge in [-0.3, -0.25) is 0 Å². The van der Waals surface area contributed by atoms with Crippen LogP contribution in [0.3, 0.4) is 0 Å². The third-order valence-electron chi connectivity index (χ3n) is 1.95. The number of esters is 1. The number of carbonyl (C=O) groups excluding carboxylic acids is 1. The first kappa shape index (κ1) is 12.4. The summed E-state index contributed by atoms with van der Waals surface area (Å²) in [7, 11) is 0. The maximum Gasteiger partial charge on any atom is 0.376 e. The van der Waals surface area contributed by atoms with Gasteiger partial charge >= 0.3 is 5.97 Å². The van der Waals surface area contributed by atoms with Crippen molar-refractivity contribution in [3.63, 3.8) is 0 Å². The Kier molecular flexibility index (Phi) is 5.25. The van der Waals surface area contributed by atoms with Crippen LogP contribution in [0.1, 0.15) is 37.3 Å². The average Bonchev–Trinajstić information content (AvgIpc) is 2.30. The minimum atomic E-state index is -0.485. The molecule has 1 heterocycles. The third-order valence-corrected chi connectivity index (χ3v) is 1.95. The molecule has 1 rings (SSSR count). The predicted octanol–water partition coefficient (Wildman–Crippen LogP) is 1.87. The molecule has 1 N–H and O–H groups in total. The van der Waals surface area contributed by atoms with Gasteiger partial charge in [-0.05, 0) is 19.4 Å². The van der Waals surface area contributed by atoms with Crippen molar-refractivity contribution >= 4 is 11.8 Å². The van der Waals surface area contributed by atoms with E-state index in [0.717, 1.165) is 19.4 Å². The van der Waals surface area contributed by atoms with Gasteiger partial charge in [0.2, 0.25) is 5.82 Å². The van der Waals surface area contributed by atoms with Crippen molar-refractivity contribution in [1.82, 2.24) is 9.97 Å². The number of rotatable bonds is 6. The van der Waals surface area contributed by atoms with Crippen LogP contribution >= 0.6 is 0 Å². The quantitative estimate of drug-likeness (QED) is 0.589. The highest BCUT2D eigenvalue weighted by Gasteiger charge is 2.09. The van der Waals surface area contributed by atoms with Gasteiger partial charge in [-0.25, -0.2) is 14.8 Å². The molecule has 16 heavy (non-hydrogen) atoms. The Labute approximate surface area is 95.3 Å². The highest BCUT2D eigenvalue weighted by molar-refractivity contribution is 5.85. The molecule has 0 amide bonds. The number of nitrogens with one attached hydrogen (secondary N) is 1. The summed E-state index contributed by atoms with van der Waals surface area (Å²) in [6.07, 6.45) is 3.73. The number of nitrogens with zero attached hydrogens (tertiary/aromatic N) is 2. The second kappa shape index (κ2) is 6.76. The van der Waals surface area contributed by atoms with E-state index >= 15 is 0 Å².